The summed E-state index contributed by atoms with van der Waals surface area (Å²) in [5, 5.41) is 3.15. The Morgan fingerprint density at radius 1 is 1.27 bits per heavy atom. The maximum Gasteiger partial charge on any atom is 0.230 e. The van der Waals surface area contributed by atoms with E-state index in [9.17, 15) is 9.18 Å². The first-order chi connectivity index (χ1) is 12.3. The zero-order valence-corrected chi connectivity index (χ0v) is 16.2. The van der Waals surface area contributed by atoms with Crippen molar-refractivity contribution in [2.45, 2.75) is 44.6 Å². The number of carbonyl (C=O) groups is 1. The van der Waals surface area contributed by atoms with Crippen LogP contribution in [0.25, 0.3) is 0 Å². The lowest BCUT2D eigenvalue weighted by Crippen LogP contribution is -2.41. The van der Waals surface area contributed by atoms with E-state index in [1.807, 2.05) is 32.9 Å². The Kier molecular flexibility index (Phi) is 5.56. The molecule has 1 heterocycles. The highest BCUT2D eigenvalue weighted by Crippen LogP contribution is 2.39. The number of hydrogen-bond donors (Lipinski definition) is 1. The van der Waals surface area contributed by atoms with E-state index in [0.29, 0.717) is 11.5 Å². The van der Waals surface area contributed by atoms with Crippen molar-refractivity contribution >= 4 is 17.7 Å². The predicted octanol–water partition coefficient (Wildman–Crippen LogP) is 4.79. The molecule has 2 aromatic carbocycles. The van der Waals surface area contributed by atoms with Gasteiger partial charge in [-0.15, -0.1) is 11.8 Å². The number of amides is 1. The summed E-state index contributed by atoms with van der Waals surface area (Å²) >= 11 is 1.53. The normalized spacial score (nSPS) is 17.9. The van der Waals surface area contributed by atoms with Crippen LogP contribution in [0.3, 0.4) is 0 Å². The van der Waals surface area contributed by atoms with Gasteiger partial charge in [0.2, 0.25) is 5.91 Å². The molecule has 1 atom stereocenters. The minimum absolute atomic E-state index is 0.00673. The van der Waals surface area contributed by atoms with Gasteiger partial charge in [0, 0.05) is 17.7 Å². The quantitative estimate of drug-likeness (QED) is 0.819. The molecule has 0 saturated carbocycles. The number of carbonyl (C=O) groups excluding carboxylic acids is 1. The first-order valence-corrected chi connectivity index (χ1v) is 9.89. The summed E-state index contributed by atoms with van der Waals surface area (Å²) < 4.78 is 19.0. The van der Waals surface area contributed by atoms with Crippen LogP contribution in [0.15, 0.2) is 42.5 Å². The highest BCUT2D eigenvalue weighted by molar-refractivity contribution is 7.99. The van der Waals surface area contributed by atoms with E-state index in [0.717, 1.165) is 28.9 Å². The summed E-state index contributed by atoms with van der Waals surface area (Å²) in [4.78, 5) is 12.4. The van der Waals surface area contributed by atoms with Gasteiger partial charge in [0.25, 0.3) is 0 Å². The Bertz CT molecular complexity index is 789. The molecule has 138 valence electrons. The second-order valence-electron chi connectivity index (χ2n) is 7.35. The summed E-state index contributed by atoms with van der Waals surface area (Å²) in [6, 6.07) is 12.4. The zero-order chi connectivity index (χ0) is 18.7. The molecule has 3 rings (SSSR count). The number of hydrogen-bond acceptors (Lipinski definition) is 3. The van der Waals surface area contributed by atoms with Gasteiger partial charge in [0.1, 0.15) is 17.2 Å². The fraction of sp³-hybridized carbons (Fsp3) is 0.381. The molecule has 0 spiro atoms. The first kappa shape index (κ1) is 18.8. The molecule has 0 aromatic heterocycles. The van der Waals surface area contributed by atoms with Crippen molar-refractivity contribution in [3.8, 4) is 5.75 Å². The minimum Gasteiger partial charge on any atom is -0.487 e. The van der Waals surface area contributed by atoms with Crippen LogP contribution in [0.4, 0.5) is 4.39 Å². The van der Waals surface area contributed by atoms with Gasteiger partial charge in [0.05, 0.1) is 11.8 Å². The molecular formula is C21H24FNO2S. The molecule has 0 aliphatic carbocycles. The minimum atomic E-state index is -0.318. The zero-order valence-electron chi connectivity index (χ0n) is 15.3. The molecule has 0 unspecified atom stereocenters. The Labute approximate surface area is 158 Å². The molecule has 0 radical (unpaired) electrons. The van der Waals surface area contributed by atoms with Crippen LogP contribution >= 0.6 is 11.8 Å². The van der Waals surface area contributed by atoms with Gasteiger partial charge in [-0.2, -0.15) is 0 Å². The second kappa shape index (κ2) is 7.70. The number of ether oxygens (including phenoxy) is 1. The fourth-order valence-corrected chi connectivity index (χ4v) is 3.98. The Morgan fingerprint density at radius 3 is 2.73 bits per heavy atom. The van der Waals surface area contributed by atoms with Gasteiger partial charge in [0.15, 0.2) is 0 Å². The van der Waals surface area contributed by atoms with Crippen LogP contribution in [0.1, 0.15) is 43.0 Å². The van der Waals surface area contributed by atoms with Gasteiger partial charge < -0.3 is 10.1 Å². The molecule has 26 heavy (non-hydrogen) atoms. The molecule has 1 aliphatic heterocycles. The smallest absolute Gasteiger partial charge is 0.230 e. The lowest BCUT2D eigenvalue weighted by Gasteiger charge is -2.38. The molecule has 0 fully saturated rings. The second-order valence-corrected chi connectivity index (χ2v) is 8.33. The van der Waals surface area contributed by atoms with Gasteiger partial charge in [-0.05, 0) is 44.5 Å². The molecule has 1 N–H and O–H groups in total. The molecule has 2 aromatic rings. The van der Waals surface area contributed by atoms with E-state index in [4.69, 9.17) is 4.74 Å². The van der Waals surface area contributed by atoms with Crippen molar-refractivity contribution in [2.75, 3.05) is 5.75 Å². The van der Waals surface area contributed by atoms with Gasteiger partial charge in [-0.3, -0.25) is 4.79 Å². The van der Waals surface area contributed by atoms with Crippen LogP contribution in [0, 0.1) is 12.7 Å². The van der Waals surface area contributed by atoms with Crippen molar-refractivity contribution in [1.29, 1.82) is 0 Å². The van der Waals surface area contributed by atoms with Crippen molar-refractivity contribution in [3.63, 3.8) is 0 Å². The Morgan fingerprint density at radius 2 is 2.00 bits per heavy atom. The molecule has 1 amide bonds. The number of rotatable bonds is 5. The highest BCUT2D eigenvalue weighted by Gasteiger charge is 2.34. The van der Waals surface area contributed by atoms with Crippen LogP contribution in [-0.2, 0) is 10.5 Å². The van der Waals surface area contributed by atoms with Gasteiger partial charge in [-0.1, -0.05) is 29.8 Å². The summed E-state index contributed by atoms with van der Waals surface area (Å²) in [5.41, 5.74) is 2.89. The van der Waals surface area contributed by atoms with E-state index < -0.39 is 0 Å². The molecule has 1 aliphatic rings. The number of fused-ring (bicyclic) bond motifs is 1. The first-order valence-electron chi connectivity index (χ1n) is 8.73. The summed E-state index contributed by atoms with van der Waals surface area (Å²) in [5.74, 6) is 1.66. The fourth-order valence-electron chi connectivity index (χ4n) is 3.18. The standard InChI is InChI=1S/C21H24FNO2S/c1-14-4-9-19-17(10-14)18(11-21(2,3)25-19)23-20(24)13-26-12-15-5-7-16(22)8-6-15/h4-10,18H,11-13H2,1-3H3,(H,23,24)/t18-/m0/s1. The number of aryl methyl sites for hydroxylation is 1. The molecule has 5 heteroatoms. The molecular weight excluding hydrogens is 349 g/mol. The third kappa shape index (κ3) is 4.79. The number of benzene rings is 2. The van der Waals surface area contributed by atoms with Crippen LogP contribution in [0.5, 0.6) is 5.75 Å². The van der Waals surface area contributed by atoms with Crippen LogP contribution in [0.2, 0.25) is 0 Å². The maximum absolute atomic E-state index is 12.9. The third-order valence-electron chi connectivity index (χ3n) is 4.37. The van der Waals surface area contributed by atoms with E-state index in [1.54, 1.807) is 12.1 Å². The number of halogens is 1. The predicted molar refractivity (Wildman–Crippen MR) is 104 cm³/mol. The Balaban J connectivity index is 1.60. The largest absolute Gasteiger partial charge is 0.487 e. The van der Waals surface area contributed by atoms with Crippen molar-refractivity contribution in [2.24, 2.45) is 0 Å². The topological polar surface area (TPSA) is 38.3 Å². The number of nitrogens with one attached hydrogen (secondary N) is 1. The van der Waals surface area contributed by atoms with E-state index >= 15 is 0 Å². The van der Waals surface area contributed by atoms with Crippen LogP contribution in [-0.4, -0.2) is 17.3 Å². The lowest BCUT2D eigenvalue weighted by atomic mass is 9.89. The van der Waals surface area contributed by atoms with Crippen molar-refractivity contribution in [3.05, 3.63) is 65.0 Å². The van der Waals surface area contributed by atoms with Crippen LogP contribution < -0.4 is 10.1 Å². The summed E-state index contributed by atoms with van der Waals surface area (Å²) in [6.45, 7) is 6.12. The lowest BCUT2D eigenvalue weighted by molar-refractivity contribution is -0.119. The van der Waals surface area contributed by atoms with E-state index in [1.165, 1.54) is 23.9 Å². The SMILES string of the molecule is Cc1ccc2c(c1)[C@@H](NC(=O)CSCc1ccc(F)cc1)CC(C)(C)O2. The van der Waals surface area contributed by atoms with Gasteiger partial charge in [-0.25, -0.2) is 4.39 Å². The van der Waals surface area contributed by atoms with Crippen molar-refractivity contribution < 1.29 is 13.9 Å². The van der Waals surface area contributed by atoms with Crippen molar-refractivity contribution in [1.82, 2.24) is 5.32 Å². The summed E-state index contributed by atoms with van der Waals surface area (Å²) in [6.07, 6.45) is 0.734. The molecule has 0 bridgehead atoms. The molecule has 3 nitrogen and oxygen atoms in total. The third-order valence-corrected chi connectivity index (χ3v) is 5.38. The summed E-state index contributed by atoms with van der Waals surface area (Å²) in [7, 11) is 0. The monoisotopic (exact) mass is 373 g/mol. The highest BCUT2D eigenvalue weighted by atomic mass is 32.2. The Hall–Kier alpha value is -2.01. The number of thioether (sulfide) groups is 1. The van der Waals surface area contributed by atoms with E-state index in [2.05, 4.69) is 11.4 Å². The maximum atomic E-state index is 12.9. The average molecular weight is 373 g/mol. The average Bonchev–Trinajstić information content (AvgIpc) is 2.57. The van der Waals surface area contributed by atoms with E-state index in [-0.39, 0.29) is 23.4 Å². The molecule has 0 saturated heterocycles. The van der Waals surface area contributed by atoms with Gasteiger partial charge >= 0.3 is 0 Å².